The Balaban J connectivity index is 1.93. The van der Waals surface area contributed by atoms with Crippen molar-refractivity contribution < 1.29 is 9.90 Å². The van der Waals surface area contributed by atoms with Crippen LogP contribution in [0.5, 0.6) is 0 Å². The third-order valence-electron chi connectivity index (χ3n) is 2.88. The molecule has 114 valence electrons. The van der Waals surface area contributed by atoms with Crippen LogP contribution in [0.25, 0.3) is 0 Å². The van der Waals surface area contributed by atoms with Gasteiger partial charge in [-0.3, -0.25) is 0 Å². The zero-order valence-corrected chi connectivity index (χ0v) is 13.4. The Kier molecular flexibility index (Phi) is 4.38. The molecule has 2 N–H and O–H groups in total. The van der Waals surface area contributed by atoms with Gasteiger partial charge in [-0.15, -0.1) is 21.5 Å². The number of rotatable bonds is 5. The largest absolute Gasteiger partial charge is 0.477 e. The lowest BCUT2D eigenvalue weighted by Crippen LogP contribution is -2.25. The summed E-state index contributed by atoms with van der Waals surface area (Å²) in [6.45, 7) is 9.02. The Morgan fingerprint density at radius 2 is 2.14 bits per heavy atom. The maximum absolute atomic E-state index is 10.9. The first-order valence-electron chi connectivity index (χ1n) is 6.60. The lowest BCUT2D eigenvalue weighted by atomic mass is 10.1. The van der Waals surface area contributed by atoms with E-state index in [-0.39, 0.29) is 5.54 Å². The van der Waals surface area contributed by atoms with Crippen LogP contribution in [0, 0.1) is 6.92 Å². The first-order chi connectivity index (χ1) is 9.77. The van der Waals surface area contributed by atoms with Gasteiger partial charge in [0.05, 0.1) is 12.1 Å². The summed E-state index contributed by atoms with van der Waals surface area (Å²) in [4.78, 5) is 13.9. The van der Waals surface area contributed by atoms with Crippen molar-refractivity contribution in [3.63, 3.8) is 0 Å². The van der Waals surface area contributed by atoms with E-state index in [9.17, 15) is 4.79 Å². The van der Waals surface area contributed by atoms with Crippen LogP contribution in [0.2, 0.25) is 0 Å². The summed E-state index contributed by atoms with van der Waals surface area (Å²) in [6, 6.07) is 1.70. The zero-order valence-electron chi connectivity index (χ0n) is 12.5. The first-order valence-corrected chi connectivity index (χ1v) is 7.41. The van der Waals surface area contributed by atoms with Crippen LogP contribution in [0.3, 0.4) is 0 Å². The molecule has 0 aliphatic heterocycles. The molecule has 2 aromatic rings. The molecule has 0 unspecified atom stereocenters. The van der Waals surface area contributed by atoms with Crippen LogP contribution in [0.15, 0.2) is 6.07 Å². The lowest BCUT2D eigenvalue weighted by Gasteiger charge is -2.15. The van der Waals surface area contributed by atoms with E-state index in [0.29, 0.717) is 23.8 Å². The van der Waals surface area contributed by atoms with Crippen molar-refractivity contribution in [3.05, 3.63) is 27.2 Å². The molecule has 8 heteroatoms. The number of thiophene rings is 1. The van der Waals surface area contributed by atoms with Gasteiger partial charge in [-0.2, -0.15) is 4.80 Å². The molecule has 0 saturated carbocycles. The molecule has 21 heavy (non-hydrogen) atoms. The van der Waals surface area contributed by atoms with Gasteiger partial charge in [-0.25, -0.2) is 4.79 Å². The van der Waals surface area contributed by atoms with Gasteiger partial charge in [-0.05, 0) is 44.5 Å². The first kappa shape index (κ1) is 15.6. The van der Waals surface area contributed by atoms with Crippen molar-refractivity contribution in [1.29, 1.82) is 0 Å². The molecular weight excluding hydrogens is 290 g/mol. The Labute approximate surface area is 127 Å². The van der Waals surface area contributed by atoms with Crippen LogP contribution >= 0.6 is 11.3 Å². The minimum atomic E-state index is -0.885. The maximum atomic E-state index is 10.9. The number of nitrogens with zero attached hydrogens (tertiary/aromatic N) is 4. The molecule has 0 aromatic carbocycles. The summed E-state index contributed by atoms with van der Waals surface area (Å²) in [5.41, 5.74) is 0.798. The van der Waals surface area contributed by atoms with Gasteiger partial charge in [0.15, 0.2) is 5.82 Å². The van der Waals surface area contributed by atoms with Crippen LogP contribution in [0.1, 0.15) is 46.7 Å². The number of tetrazole rings is 1. The number of aromatic carboxylic acids is 1. The fraction of sp³-hybridized carbons (Fsp3) is 0.538. The van der Waals surface area contributed by atoms with Crippen molar-refractivity contribution in [1.82, 2.24) is 25.5 Å². The van der Waals surface area contributed by atoms with E-state index in [4.69, 9.17) is 5.11 Å². The Bertz CT molecular complexity index is 641. The van der Waals surface area contributed by atoms with Crippen LogP contribution in [-0.2, 0) is 18.6 Å². The molecule has 0 amide bonds. The van der Waals surface area contributed by atoms with Crippen LogP contribution in [-0.4, -0.2) is 31.3 Å². The molecule has 2 heterocycles. The van der Waals surface area contributed by atoms with Crippen LogP contribution in [0.4, 0.5) is 0 Å². The number of hydrogen-bond donors (Lipinski definition) is 2. The van der Waals surface area contributed by atoms with Gasteiger partial charge >= 0.3 is 5.97 Å². The third kappa shape index (κ3) is 3.85. The fourth-order valence-corrected chi connectivity index (χ4v) is 2.59. The topological polar surface area (TPSA) is 92.9 Å². The monoisotopic (exact) mass is 309 g/mol. The second-order valence-electron chi connectivity index (χ2n) is 5.77. The average Bonchev–Trinajstić information content (AvgIpc) is 2.96. The van der Waals surface area contributed by atoms with E-state index in [2.05, 4.69) is 20.7 Å². The van der Waals surface area contributed by atoms with E-state index < -0.39 is 5.97 Å². The zero-order chi connectivity index (χ0) is 15.6. The summed E-state index contributed by atoms with van der Waals surface area (Å²) in [5, 5.41) is 24.5. The van der Waals surface area contributed by atoms with E-state index >= 15 is 0 Å². The molecule has 0 radical (unpaired) electrons. The van der Waals surface area contributed by atoms with E-state index in [1.807, 2.05) is 27.7 Å². The molecule has 0 fully saturated rings. The van der Waals surface area contributed by atoms with Crippen molar-refractivity contribution in [2.75, 3.05) is 0 Å². The van der Waals surface area contributed by atoms with Crippen molar-refractivity contribution in [2.24, 2.45) is 0 Å². The van der Waals surface area contributed by atoms with Gasteiger partial charge in [0.1, 0.15) is 4.88 Å². The lowest BCUT2D eigenvalue weighted by molar-refractivity contribution is 0.0702. The predicted octanol–water partition coefficient (Wildman–Crippen LogP) is 1.79. The third-order valence-corrected chi connectivity index (χ3v) is 3.97. The molecule has 0 spiro atoms. The fourth-order valence-electron chi connectivity index (χ4n) is 1.71. The molecule has 0 aliphatic rings. The minimum absolute atomic E-state index is 0.189. The molecule has 7 nitrogen and oxygen atoms in total. The van der Waals surface area contributed by atoms with Crippen molar-refractivity contribution >= 4 is 17.3 Å². The second kappa shape index (κ2) is 5.90. The maximum Gasteiger partial charge on any atom is 0.345 e. The predicted molar refractivity (Wildman–Crippen MR) is 79.4 cm³/mol. The smallest absolute Gasteiger partial charge is 0.345 e. The summed E-state index contributed by atoms with van der Waals surface area (Å²) in [5.74, 6) is -0.264. The minimum Gasteiger partial charge on any atom is -0.477 e. The molecule has 0 bridgehead atoms. The number of nitrogens with one attached hydrogen (secondary N) is 1. The Morgan fingerprint density at radius 1 is 1.43 bits per heavy atom. The number of carbonyl (C=O) groups is 1. The molecular formula is C13H19N5O2S. The summed E-state index contributed by atoms with van der Waals surface area (Å²) < 4.78 is 0. The number of hydrogen-bond acceptors (Lipinski definition) is 6. The van der Waals surface area contributed by atoms with Crippen molar-refractivity contribution in [2.45, 2.75) is 46.3 Å². The van der Waals surface area contributed by atoms with Gasteiger partial charge in [0.25, 0.3) is 0 Å². The highest BCUT2D eigenvalue weighted by Gasteiger charge is 2.17. The van der Waals surface area contributed by atoms with E-state index in [1.165, 1.54) is 11.3 Å². The number of aromatic nitrogens is 4. The van der Waals surface area contributed by atoms with Crippen LogP contribution < -0.4 is 5.32 Å². The summed E-state index contributed by atoms with van der Waals surface area (Å²) in [7, 11) is 0. The summed E-state index contributed by atoms with van der Waals surface area (Å²) in [6.07, 6.45) is 0. The second-order valence-corrected chi connectivity index (χ2v) is 7.02. The van der Waals surface area contributed by atoms with Gasteiger partial charge in [0, 0.05) is 11.4 Å². The number of carboxylic acid groups (broad SMARTS) is 1. The van der Waals surface area contributed by atoms with Gasteiger partial charge in [-0.1, -0.05) is 0 Å². The highest BCUT2D eigenvalue weighted by Crippen LogP contribution is 2.21. The Morgan fingerprint density at radius 3 is 2.67 bits per heavy atom. The molecule has 0 atom stereocenters. The SMILES string of the molecule is Cc1sc(C(=O)O)cc1CNCc1nnn(C(C)(C)C)n1. The number of aryl methyl sites for hydroxylation is 1. The molecule has 0 aliphatic carbocycles. The van der Waals surface area contributed by atoms with E-state index in [1.54, 1.807) is 10.9 Å². The molecule has 0 saturated heterocycles. The van der Waals surface area contributed by atoms with Gasteiger partial charge in [0.2, 0.25) is 0 Å². The highest BCUT2D eigenvalue weighted by molar-refractivity contribution is 7.14. The standard InChI is InChI=1S/C13H19N5O2S/c1-8-9(5-10(21-8)12(19)20)6-14-7-11-15-17-18(16-11)13(2,3)4/h5,14H,6-7H2,1-4H3,(H,19,20). The highest BCUT2D eigenvalue weighted by atomic mass is 32.1. The average molecular weight is 309 g/mol. The van der Waals surface area contributed by atoms with Gasteiger partial charge < -0.3 is 10.4 Å². The van der Waals surface area contributed by atoms with E-state index in [0.717, 1.165) is 10.4 Å². The Hall–Kier alpha value is -1.80. The van der Waals surface area contributed by atoms with Crippen molar-refractivity contribution in [3.8, 4) is 0 Å². The normalized spacial score (nSPS) is 11.8. The summed E-state index contributed by atoms with van der Waals surface area (Å²) >= 11 is 1.29. The molecule has 2 rings (SSSR count). The molecule has 2 aromatic heterocycles. The quantitative estimate of drug-likeness (QED) is 0.874. The number of carboxylic acids is 1.